The average molecular weight is 494 g/mol. The molecular weight excluding hydrogens is 458 g/mol. The monoisotopic (exact) mass is 493 g/mol. The number of hydrogen-bond acceptors (Lipinski definition) is 5. The molecule has 4 bridgehead atoms. The number of benzene rings is 1. The van der Waals surface area contributed by atoms with Crippen LogP contribution in [-0.4, -0.2) is 35.9 Å². The van der Waals surface area contributed by atoms with E-state index >= 15 is 0 Å². The first kappa shape index (κ1) is 23.1. The summed E-state index contributed by atoms with van der Waals surface area (Å²) in [4.78, 5) is 26.7. The van der Waals surface area contributed by atoms with Crippen molar-refractivity contribution in [3.8, 4) is 0 Å². The summed E-state index contributed by atoms with van der Waals surface area (Å²) < 4.78 is 3.69. The SMILES string of the molecule is CC(C)CCn1c(=O)c2ccccc2n2c(SC(C)C(=O)NC34CC5CC(CC(C5)C3)C4)nnc12. The maximum absolute atomic E-state index is 13.4. The molecule has 1 amide bonds. The van der Waals surface area contributed by atoms with Crippen LogP contribution in [-0.2, 0) is 11.3 Å². The second-order valence-corrected chi connectivity index (χ2v) is 13.0. The van der Waals surface area contributed by atoms with E-state index in [0.717, 1.165) is 49.0 Å². The Morgan fingerprint density at radius 2 is 1.74 bits per heavy atom. The molecule has 1 atom stereocenters. The molecule has 4 aliphatic rings. The van der Waals surface area contributed by atoms with Crippen molar-refractivity contribution in [1.29, 1.82) is 0 Å². The summed E-state index contributed by atoms with van der Waals surface area (Å²) in [7, 11) is 0. The highest BCUT2D eigenvalue weighted by atomic mass is 32.2. The second kappa shape index (κ2) is 8.64. The molecule has 3 aromatic rings. The largest absolute Gasteiger partial charge is 0.350 e. The molecule has 8 heteroatoms. The van der Waals surface area contributed by atoms with Crippen LogP contribution in [0.3, 0.4) is 0 Å². The zero-order valence-electron chi connectivity index (χ0n) is 20.9. The van der Waals surface area contributed by atoms with Gasteiger partial charge in [-0.15, -0.1) is 10.2 Å². The molecule has 1 unspecified atom stereocenters. The molecule has 4 aliphatic carbocycles. The highest BCUT2D eigenvalue weighted by Crippen LogP contribution is 2.55. The fourth-order valence-corrected chi connectivity index (χ4v) is 8.09. The Hall–Kier alpha value is -2.35. The minimum Gasteiger partial charge on any atom is -0.350 e. The quantitative estimate of drug-likeness (QED) is 0.484. The Bertz CT molecular complexity index is 1310. The molecule has 0 radical (unpaired) electrons. The summed E-state index contributed by atoms with van der Waals surface area (Å²) in [6.45, 7) is 6.85. The van der Waals surface area contributed by atoms with E-state index in [2.05, 4.69) is 29.4 Å². The van der Waals surface area contributed by atoms with E-state index in [4.69, 9.17) is 0 Å². The molecule has 0 spiro atoms. The van der Waals surface area contributed by atoms with Crippen LogP contribution < -0.4 is 10.9 Å². The van der Waals surface area contributed by atoms with E-state index in [1.54, 1.807) is 4.57 Å². The van der Waals surface area contributed by atoms with Crippen molar-refractivity contribution >= 4 is 34.3 Å². The lowest BCUT2D eigenvalue weighted by atomic mass is 9.53. The highest BCUT2D eigenvalue weighted by Gasteiger charge is 2.51. The fourth-order valence-electron chi connectivity index (χ4n) is 7.24. The van der Waals surface area contributed by atoms with Crippen LogP contribution in [0.4, 0.5) is 0 Å². The molecule has 1 aromatic carbocycles. The van der Waals surface area contributed by atoms with Gasteiger partial charge < -0.3 is 5.32 Å². The number of para-hydroxylation sites is 1. The van der Waals surface area contributed by atoms with Gasteiger partial charge in [-0.25, -0.2) is 0 Å². The number of hydrogen-bond donors (Lipinski definition) is 1. The zero-order chi connectivity index (χ0) is 24.3. The molecule has 0 saturated heterocycles. The van der Waals surface area contributed by atoms with Crippen molar-refractivity contribution < 1.29 is 4.79 Å². The Labute approximate surface area is 210 Å². The Kier molecular flexibility index (Phi) is 5.70. The first-order valence-electron chi connectivity index (χ1n) is 13.2. The predicted octanol–water partition coefficient (Wildman–Crippen LogP) is 4.66. The maximum Gasteiger partial charge on any atom is 0.262 e. The molecule has 0 aliphatic heterocycles. The normalized spacial score (nSPS) is 28.3. The van der Waals surface area contributed by atoms with Crippen LogP contribution in [0.2, 0.25) is 0 Å². The Morgan fingerprint density at radius 3 is 2.40 bits per heavy atom. The van der Waals surface area contributed by atoms with Gasteiger partial charge in [0.15, 0.2) is 5.16 Å². The Balaban J connectivity index is 1.29. The van der Waals surface area contributed by atoms with E-state index < -0.39 is 0 Å². The zero-order valence-corrected chi connectivity index (χ0v) is 21.7. The number of carbonyl (C=O) groups is 1. The minimum absolute atomic E-state index is 0.00239. The van der Waals surface area contributed by atoms with Crippen molar-refractivity contribution in [2.75, 3.05) is 0 Å². The lowest BCUT2D eigenvalue weighted by Crippen LogP contribution is -2.60. The van der Waals surface area contributed by atoms with Crippen LogP contribution in [0.15, 0.2) is 34.2 Å². The van der Waals surface area contributed by atoms with Crippen LogP contribution >= 0.6 is 11.8 Å². The molecule has 4 saturated carbocycles. The number of fused-ring (bicyclic) bond motifs is 3. The van der Waals surface area contributed by atoms with E-state index in [0.29, 0.717) is 28.8 Å². The lowest BCUT2D eigenvalue weighted by Gasteiger charge is -2.57. The highest BCUT2D eigenvalue weighted by molar-refractivity contribution is 8.00. The minimum atomic E-state index is -0.301. The fraction of sp³-hybridized carbons (Fsp3) is 0.630. The van der Waals surface area contributed by atoms with Crippen LogP contribution in [0.1, 0.15) is 65.7 Å². The standard InChI is InChI=1S/C27H35N5O2S/c1-16(2)8-9-31-24(34)21-6-4-5-7-22(21)32-25(31)29-30-26(32)35-17(3)23(33)28-27-13-18-10-19(14-27)12-20(11-18)15-27/h4-7,16-20H,8-15H2,1-3H3,(H,28,33). The molecule has 2 heterocycles. The molecule has 186 valence electrons. The number of aryl methyl sites for hydroxylation is 1. The smallest absolute Gasteiger partial charge is 0.262 e. The summed E-state index contributed by atoms with van der Waals surface area (Å²) in [5.41, 5.74) is 0.747. The van der Waals surface area contributed by atoms with Crippen LogP contribution in [0.5, 0.6) is 0 Å². The maximum atomic E-state index is 13.4. The van der Waals surface area contributed by atoms with Crippen molar-refractivity contribution in [1.82, 2.24) is 24.5 Å². The van der Waals surface area contributed by atoms with Crippen LogP contribution in [0, 0.1) is 23.7 Å². The molecule has 7 rings (SSSR count). The van der Waals surface area contributed by atoms with Gasteiger partial charge in [0.25, 0.3) is 5.56 Å². The number of thioether (sulfide) groups is 1. The molecule has 35 heavy (non-hydrogen) atoms. The summed E-state index contributed by atoms with van der Waals surface area (Å²) in [5, 5.41) is 13.4. The third-order valence-corrected chi connectivity index (χ3v) is 9.53. The molecular formula is C27H35N5O2S. The first-order valence-corrected chi connectivity index (χ1v) is 14.1. The van der Waals surface area contributed by atoms with E-state index in [-0.39, 0.29) is 22.3 Å². The summed E-state index contributed by atoms with van der Waals surface area (Å²) in [6, 6.07) is 7.61. The number of nitrogens with one attached hydrogen (secondary N) is 1. The molecule has 7 nitrogen and oxygen atoms in total. The van der Waals surface area contributed by atoms with E-state index in [1.165, 1.54) is 31.0 Å². The van der Waals surface area contributed by atoms with E-state index in [1.807, 2.05) is 35.6 Å². The average Bonchev–Trinajstić information content (AvgIpc) is 3.21. The third-order valence-electron chi connectivity index (χ3n) is 8.49. The third kappa shape index (κ3) is 4.07. The number of aromatic nitrogens is 4. The lowest BCUT2D eigenvalue weighted by molar-refractivity contribution is -0.126. The van der Waals surface area contributed by atoms with Gasteiger partial charge in [0.05, 0.1) is 16.2 Å². The number of amides is 1. The van der Waals surface area contributed by atoms with Gasteiger partial charge in [-0.1, -0.05) is 37.7 Å². The summed E-state index contributed by atoms with van der Waals surface area (Å²) in [6.07, 6.45) is 8.38. The van der Waals surface area contributed by atoms with Crippen molar-refractivity contribution in [3.63, 3.8) is 0 Å². The first-order chi connectivity index (χ1) is 16.8. The predicted molar refractivity (Wildman–Crippen MR) is 139 cm³/mol. The summed E-state index contributed by atoms with van der Waals surface area (Å²) in [5.74, 6) is 3.48. The van der Waals surface area contributed by atoms with Gasteiger partial charge in [-0.05, 0) is 87.7 Å². The topological polar surface area (TPSA) is 81.3 Å². The van der Waals surface area contributed by atoms with Gasteiger partial charge in [-0.2, -0.15) is 0 Å². The van der Waals surface area contributed by atoms with Crippen LogP contribution in [0.25, 0.3) is 16.7 Å². The van der Waals surface area contributed by atoms with Gasteiger partial charge in [0.2, 0.25) is 11.7 Å². The van der Waals surface area contributed by atoms with Gasteiger partial charge in [-0.3, -0.25) is 18.6 Å². The number of nitrogens with zero attached hydrogens (tertiary/aromatic N) is 4. The molecule has 2 aromatic heterocycles. The number of carbonyl (C=O) groups excluding carboxylic acids is 1. The Morgan fingerprint density at radius 1 is 1.09 bits per heavy atom. The van der Waals surface area contributed by atoms with Crippen molar-refractivity contribution in [2.24, 2.45) is 23.7 Å². The second-order valence-electron chi connectivity index (χ2n) is 11.7. The summed E-state index contributed by atoms with van der Waals surface area (Å²) >= 11 is 1.43. The van der Waals surface area contributed by atoms with E-state index in [9.17, 15) is 9.59 Å². The van der Waals surface area contributed by atoms with Crippen molar-refractivity contribution in [2.45, 2.75) is 88.2 Å². The molecule has 4 fully saturated rings. The molecule has 1 N–H and O–H groups in total. The van der Waals surface area contributed by atoms with Gasteiger partial charge in [0, 0.05) is 12.1 Å². The van der Waals surface area contributed by atoms with Crippen molar-refractivity contribution in [3.05, 3.63) is 34.6 Å². The number of rotatable bonds is 7. The van der Waals surface area contributed by atoms with Gasteiger partial charge in [0.1, 0.15) is 0 Å². The van der Waals surface area contributed by atoms with Gasteiger partial charge >= 0.3 is 0 Å².